The first kappa shape index (κ1) is 20.2. The fourth-order valence-corrected chi connectivity index (χ4v) is 3.25. The third-order valence-electron chi connectivity index (χ3n) is 5.07. The van der Waals surface area contributed by atoms with Crippen molar-refractivity contribution in [3.05, 3.63) is 54.5 Å². The van der Waals surface area contributed by atoms with E-state index in [2.05, 4.69) is 21.0 Å². The molecule has 4 heterocycles. The second-order valence-electron chi connectivity index (χ2n) is 7.51. The van der Waals surface area contributed by atoms with Crippen molar-refractivity contribution in [2.75, 3.05) is 14.2 Å². The van der Waals surface area contributed by atoms with Gasteiger partial charge < -0.3 is 14.6 Å². The highest BCUT2D eigenvalue weighted by Crippen LogP contribution is 2.33. The Morgan fingerprint density at radius 2 is 1.90 bits per heavy atom. The fraction of sp³-hybridized carbons (Fsp3) is 0.217. The van der Waals surface area contributed by atoms with Crippen molar-refractivity contribution in [3.8, 4) is 40.7 Å². The molecule has 0 fully saturated rings. The first-order chi connectivity index (χ1) is 14.9. The summed E-state index contributed by atoms with van der Waals surface area (Å²) < 4.78 is 12.1. The minimum atomic E-state index is -0.746. The zero-order valence-electron chi connectivity index (χ0n) is 17.6. The number of aromatic hydroxyl groups is 1. The van der Waals surface area contributed by atoms with Gasteiger partial charge in [-0.2, -0.15) is 5.26 Å². The summed E-state index contributed by atoms with van der Waals surface area (Å²) in [6.07, 6.45) is 3.37. The topological polar surface area (TPSA) is 106 Å². The van der Waals surface area contributed by atoms with Crippen LogP contribution in [-0.2, 0) is 5.41 Å². The Bertz CT molecular complexity index is 1320. The minimum Gasteiger partial charge on any atom is -0.494 e. The molecule has 0 bridgehead atoms. The van der Waals surface area contributed by atoms with Crippen molar-refractivity contribution < 1.29 is 14.6 Å². The molecule has 0 aliphatic heterocycles. The number of nitriles is 1. The number of hydrogen-bond donors (Lipinski definition) is 1. The zero-order chi connectivity index (χ0) is 22.2. The molecule has 0 amide bonds. The highest BCUT2D eigenvalue weighted by atomic mass is 16.5. The van der Waals surface area contributed by atoms with Gasteiger partial charge >= 0.3 is 0 Å². The van der Waals surface area contributed by atoms with Crippen LogP contribution in [0, 0.1) is 11.3 Å². The third kappa shape index (κ3) is 3.51. The van der Waals surface area contributed by atoms with Crippen LogP contribution in [0.5, 0.6) is 17.5 Å². The Balaban J connectivity index is 1.79. The Morgan fingerprint density at radius 3 is 2.61 bits per heavy atom. The van der Waals surface area contributed by atoms with Gasteiger partial charge in [0.25, 0.3) is 5.88 Å². The van der Waals surface area contributed by atoms with Gasteiger partial charge in [0.1, 0.15) is 5.82 Å². The molecular weight excluding hydrogens is 394 g/mol. The van der Waals surface area contributed by atoms with Gasteiger partial charge in [0.15, 0.2) is 5.75 Å². The first-order valence-corrected chi connectivity index (χ1v) is 9.56. The summed E-state index contributed by atoms with van der Waals surface area (Å²) in [5, 5.41) is 20.8. The fourth-order valence-electron chi connectivity index (χ4n) is 3.25. The number of hydrogen-bond acceptors (Lipinski definition) is 7. The summed E-state index contributed by atoms with van der Waals surface area (Å²) in [5.41, 5.74) is 1.89. The van der Waals surface area contributed by atoms with E-state index in [-0.39, 0.29) is 5.88 Å². The highest BCUT2D eigenvalue weighted by Gasteiger charge is 2.22. The lowest BCUT2D eigenvalue weighted by atomic mass is 9.91. The monoisotopic (exact) mass is 415 g/mol. The summed E-state index contributed by atoms with van der Waals surface area (Å²) in [6.45, 7) is 3.60. The van der Waals surface area contributed by atoms with E-state index in [9.17, 15) is 10.4 Å². The van der Waals surface area contributed by atoms with Gasteiger partial charge in [0.2, 0.25) is 5.88 Å². The summed E-state index contributed by atoms with van der Waals surface area (Å²) in [4.78, 5) is 13.5. The molecule has 8 heteroatoms. The Kier molecular flexibility index (Phi) is 4.95. The molecule has 0 aromatic carbocycles. The smallest absolute Gasteiger partial charge is 0.256 e. The van der Waals surface area contributed by atoms with E-state index in [4.69, 9.17) is 9.47 Å². The van der Waals surface area contributed by atoms with E-state index >= 15 is 0 Å². The van der Waals surface area contributed by atoms with Crippen molar-refractivity contribution in [2.24, 2.45) is 0 Å². The van der Waals surface area contributed by atoms with E-state index in [0.29, 0.717) is 39.7 Å². The quantitative estimate of drug-likeness (QED) is 0.525. The summed E-state index contributed by atoms with van der Waals surface area (Å²) in [7, 11) is 3.08. The van der Waals surface area contributed by atoms with Crippen LogP contribution in [-0.4, -0.2) is 38.8 Å². The lowest BCUT2D eigenvalue weighted by molar-refractivity contribution is 0.343. The Labute approximate surface area is 179 Å². The maximum Gasteiger partial charge on any atom is 0.256 e. The number of aromatic nitrogens is 4. The van der Waals surface area contributed by atoms with Gasteiger partial charge in [-0.25, -0.2) is 15.0 Å². The predicted molar refractivity (Wildman–Crippen MR) is 116 cm³/mol. The maximum atomic E-state index is 10.8. The number of methoxy groups -OCH3 is 2. The van der Waals surface area contributed by atoms with E-state index in [1.165, 1.54) is 7.11 Å². The van der Waals surface area contributed by atoms with Crippen molar-refractivity contribution in [1.82, 2.24) is 19.5 Å². The second-order valence-corrected chi connectivity index (χ2v) is 7.51. The average molecular weight is 415 g/mol. The molecule has 4 aromatic heterocycles. The van der Waals surface area contributed by atoms with E-state index in [0.717, 1.165) is 5.56 Å². The van der Waals surface area contributed by atoms with Crippen LogP contribution in [0.4, 0.5) is 0 Å². The molecule has 0 saturated heterocycles. The molecule has 8 nitrogen and oxygen atoms in total. The molecular formula is C23H21N5O3. The molecule has 156 valence electrons. The van der Waals surface area contributed by atoms with Crippen LogP contribution in [0.15, 0.2) is 48.8 Å². The van der Waals surface area contributed by atoms with Crippen molar-refractivity contribution in [2.45, 2.75) is 19.3 Å². The molecule has 0 aliphatic rings. The van der Waals surface area contributed by atoms with Crippen molar-refractivity contribution >= 4 is 10.9 Å². The Morgan fingerprint density at radius 1 is 1.10 bits per heavy atom. The zero-order valence-corrected chi connectivity index (χ0v) is 17.6. The predicted octanol–water partition coefficient (Wildman–Crippen LogP) is 4.01. The largest absolute Gasteiger partial charge is 0.494 e. The normalized spacial score (nSPS) is 11.3. The van der Waals surface area contributed by atoms with Crippen LogP contribution in [0.2, 0.25) is 0 Å². The summed E-state index contributed by atoms with van der Waals surface area (Å²) in [6, 6.07) is 13.0. The van der Waals surface area contributed by atoms with Crippen LogP contribution < -0.4 is 9.47 Å². The molecule has 1 N–H and O–H groups in total. The Hall–Kier alpha value is -4.12. The number of rotatable bonds is 5. The van der Waals surface area contributed by atoms with Crippen molar-refractivity contribution in [1.29, 1.82) is 5.26 Å². The van der Waals surface area contributed by atoms with Gasteiger partial charge in [-0.05, 0) is 44.2 Å². The molecule has 0 aliphatic carbocycles. The summed E-state index contributed by atoms with van der Waals surface area (Å²) in [5.74, 6) is 1.43. The van der Waals surface area contributed by atoms with Gasteiger partial charge in [-0.3, -0.25) is 4.57 Å². The number of nitrogens with zero attached hydrogens (tertiary/aromatic N) is 5. The second kappa shape index (κ2) is 7.61. The minimum absolute atomic E-state index is 0.0268. The molecule has 0 saturated carbocycles. The van der Waals surface area contributed by atoms with Crippen LogP contribution in [0.25, 0.3) is 28.0 Å². The van der Waals surface area contributed by atoms with Gasteiger partial charge in [-0.1, -0.05) is 6.07 Å². The lowest BCUT2D eigenvalue weighted by Gasteiger charge is -2.15. The van der Waals surface area contributed by atoms with Crippen LogP contribution in [0.1, 0.15) is 19.5 Å². The lowest BCUT2D eigenvalue weighted by Crippen LogP contribution is -2.16. The number of ether oxygens (including phenoxy) is 2. The molecule has 4 aromatic rings. The van der Waals surface area contributed by atoms with E-state index in [1.54, 1.807) is 68.2 Å². The highest BCUT2D eigenvalue weighted by molar-refractivity contribution is 5.87. The maximum absolute atomic E-state index is 10.8. The molecule has 0 atom stereocenters. The molecule has 0 unspecified atom stereocenters. The molecule has 0 spiro atoms. The third-order valence-corrected chi connectivity index (χ3v) is 5.07. The van der Waals surface area contributed by atoms with Gasteiger partial charge in [0.05, 0.1) is 48.0 Å². The average Bonchev–Trinajstić information content (AvgIpc) is 3.14. The van der Waals surface area contributed by atoms with Crippen LogP contribution >= 0.6 is 0 Å². The standard InChI is InChI=1S/C23H21N5O3/c1-23(2,13-24)19-6-5-7-20(27-19)28-12-17-15(22(28)29)8-9-16(26-17)14-10-18(30-3)21(31-4)25-11-14/h5-12,29H,1-4H3. The molecule has 0 radical (unpaired) electrons. The van der Waals surface area contributed by atoms with E-state index < -0.39 is 5.41 Å². The van der Waals surface area contributed by atoms with E-state index in [1.807, 2.05) is 6.07 Å². The molecule has 4 rings (SSSR count). The summed E-state index contributed by atoms with van der Waals surface area (Å²) >= 11 is 0. The molecule has 31 heavy (non-hydrogen) atoms. The van der Waals surface area contributed by atoms with Gasteiger partial charge in [0, 0.05) is 18.0 Å². The number of fused-ring (bicyclic) bond motifs is 1. The van der Waals surface area contributed by atoms with Crippen LogP contribution in [0.3, 0.4) is 0 Å². The number of pyridine rings is 3. The van der Waals surface area contributed by atoms with Gasteiger partial charge in [-0.15, -0.1) is 0 Å². The van der Waals surface area contributed by atoms with Crippen molar-refractivity contribution in [3.63, 3.8) is 0 Å². The SMILES string of the molecule is COc1cc(-c2ccc3c(O)n(-c4cccc(C(C)(C)C#N)n4)cc3n2)cnc1OC. The first-order valence-electron chi connectivity index (χ1n) is 9.56.